The molecule has 43 heavy (non-hydrogen) atoms. The van der Waals surface area contributed by atoms with Gasteiger partial charge in [-0.1, -0.05) is 6.92 Å². The molecule has 0 spiro atoms. The van der Waals surface area contributed by atoms with Crippen molar-refractivity contribution in [2.24, 2.45) is 11.7 Å². The summed E-state index contributed by atoms with van der Waals surface area (Å²) in [4.78, 5) is 24.6. The van der Waals surface area contributed by atoms with Gasteiger partial charge in [0.25, 0.3) is 0 Å². The van der Waals surface area contributed by atoms with Crippen LogP contribution in [0, 0.1) is 17.6 Å². The van der Waals surface area contributed by atoms with Gasteiger partial charge in [0.15, 0.2) is 0 Å². The summed E-state index contributed by atoms with van der Waals surface area (Å²) in [6, 6.07) is 7.12. The summed E-state index contributed by atoms with van der Waals surface area (Å²) in [5.74, 6) is -1.08. The van der Waals surface area contributed by atoms with Crippen molar-refractivity contribution in [3.05, 3.63) is 66.1 Å². The predicted octanol–water partition coefficient (Wildman–Crippen LogP) is 4.59. The van der Waals surface area contributed by atoms with Gasteiger partial charge in [-0.2, -0.15) is 9.61 Å². The van der Waals surface area contributed by atoms with Gasteiger partial charge in [-0.3, -0.25) is 4.98 Å². The van der Waals surface area contributed by atoms with Gasteiger partial charge in [-0.15, -0.1) is 0 Å². The van der Waals surface area contributed by atoms with Gasteiger partial charge in [0, 0.05) is 32.4 Å². The molecule has 11 nitrogen and oxygen atoms in total. The van der Waals surface area contributed by atoms with Crippen LogP contribution in [0.4, 0.5) is 30.9 Å². The molecule has 13 heteroatoms. The SMILES string of the molecule is COC(=O)N(C)[C@@H]1[C@H](N)CN(c2ccncc2Nc2ncc3ccc(-c4c(F)cc(COC(C)C)cc4F)nn23)C[C@@H]1C. The summed E-state index contributed by atoms with van der Waals surface area (Å²) >= 11 is 0. The summed E-state index contributed by atoms with van der Waals surface area (Å²) in [7, 11) is 3.04. The van der Waals surface area contributed by atoms with Crippen LogP contribution >= 0.6 is 0 Å². The van der Waals surface area contributed by atoms with Crippen molar-refractivity contribution in [2.75, 3.05) is 37.5 Å². The van der Waals surface area contributed by atoms with E-state index in [4.69, 9.17) is 15.2 Å². The zero-order valence-corrected chi connectivity index (χ0v) is 24.8. The lowest BCUT2D eigenvalue weighted by atomic mass is 9.89. The van der Waals surface area contributed by atoms with E-state index in [9.17, 15) is 4.79 Å². The van der Waals surface area contributed by atoms with Crippen LogP contribution in [0.25, 0.3) is 16.8 Å². The summed E-state index contributed by atoms with van der Waals surface area (Å²) in [6.07, 6.45) is 4.47. The Morgan fingerprint density at radius 3 is 2.60 bits per heavy atom. The standard InChI is InChI=1S/C30H36F2N8O3/c1-17(2)43-16-19-10-21(31)27(22(32)11-19)24-7-6-20-12-35-29(40(20)37-24)36-25-13-34-9-8-26(25)39-14-18(3)28(23(33)15-39)38(4)30(41)42-5/h6-13,17-18,23,28H,14-16,33H2,1-5H3,(H,35,36)/t18-,23+,28-/m0/s1. The third kappa shape index (κ3) is 6.22. The van der Waals surface area contributed by atoms with Crippen LogP contribution in [0.15, 0.2) is 48.9 Å². The lowest BCUT2D eigenvalue weighted by Gasteiger charge is -2.45. The number of imidazole rings is 1. The van der Waals surface area contributed by atoms with Crippen molar-refractivity contribution in [3.63, 3.8) is 0 Å². The second-order valence-electron chi connectivity index (χ2n) is 11.1. The van der Waals surface area contributed by atoms with Crippen molar-refractivity contribution in [2.45, 2.75) is 45.6 Å². The molecule has 0 saturated carbocycles. The number of likely N-dealkylation sites (N-methyl/N-ethyl adjacent to an activating group) is 1. The van der Waals surface area contributed by atoms with Crippen LogP contribution in [0.3, 0.4) is 0 Å². The first-order valence-corrected chi connectivity index (χ1v) is 14.0. The molecule has 3 N–H and O–H groups in total. The van der Waals surface area contributed by atoms with Gasteiger partial charge in [-0.05, 0) is 55.7 Å². The molecular formula is C30H36F2N8O3. The van der Waals surface area contributed by atoms with Crippen molar-refractivity contribution in [1.82, 2.24) is 24.5 Å². The number of methoxy groups -OCH3 is 1. The van der Waals surface area contributed by atoms with Crippen molar-refractivity contribution < 1.29 is 23.0 Å². The van der Waals surface area contributed by atoms with Crippen molar-refractivity contribution >= 4 is 28.9 Å². The highest BCUT2D eigenvalue weighted by atomic mass is 19.1. The Bertz CT molecular complexity index is 1580. The van der Waals surface area contributed by atoms with Crippen molar-refractivity contribution in [3.8, 4) is 11.3 Å². The number of nitrogens with two attached hydrogens (primary N) is 1. The number of nitrogens with one attached hydrogen (secondary N) is 1. The van der Waals surface area contributed by atoms with E-state index in [0.717, 1.165) is 5.69 Å². The van der Waals surface area contributed by atoms with E-state index in [1.54, 1.807) is 42.7 Å². The maximum Gasteiger partial charge on any atom is 0.409 e. The fraction of sp³-hybridized carbons (Fsp3) is 0.400. The number of aromatic nitrogens is 4. The van der Waals surface area contributed by atoms with Crippen molar-refractivity contribution in [1.29, 1.82) is 0 Å². The minimum Gasteiger partial charge on any atom is -0.453 e. The highest BCUT2D eigenvalue weighted by Crippen LogP contribution is 2.33. The number of nitrogens with zero attached hydrogens (tertiary/aromatic N) is 6. The van der Waals surface area contributed by atoms with E-state index < -0.39 is 17.7 Å². The van der Waals surface area contributed by atoms with Crippen LogP contribution in [-0.2, 0) is 16.1 Å². The fourth-order valence-corrected chi connectivity index (χ4v) is 5.64. The number of hydrogen-bond donors (Lipinski definition) is 2. The summed E-state index contributed by atoms with van der Waals surface area (Å²) in [6.45, 7) is 6.96. The largest absolute Gasteiger partial charge is 0.453 e. The second-order valence-corrected chi connectivity index (χ2v) is 11.1. The number of amides is 1. The van der Waals surface area contributed by atoms with Gasteiger partial charge in [-0.25, -0.2) is 18.6 Å². The molecule has 1 aromatic carbocycles. The van der Waals surface area contributed by atoms with Crippen LogP contribution in [0.1, 0.15) is 26.3 Å². The first-order valence-electron chi connectivity index (χ1n) is 14.0. The molecule has 0 radical (unpaired) electrons. The second kappa shape index (κ2) is 12.5. The Hall–Kier alpha value is -4.36. The number of ether oxygens (including phenoxy) is 2. The normalized spacial score (nSPS) is 18.7. The van der Waals surface area contributed by atoms with E-state index in [0.29, 0.717) is 35.8 Å². The van der Waals surface area contributed by atoms with E-state index in [1.165, 1.54) is 23.8 Å². The third-order valence-corrected chi connectivity index (χ3v) is 7.58. The first-order chi connectivity index (χ1) is 20.6. The number of hydrogen-bond acceptors (Lipinski definition) is 9. The lowest BCUT2D eigenvalue weighted by Crippen LogP contribution is -2.62. The number of halogens is 2. The summed E-state index contributed by atoms with van der Waals surface area (Å²) < 4.78 is 42.1. The van der Waals surface area contributed by atoms with Crippen LogP contribution in [-0.4, -0.2) is 76.0 Å². The molecule has 0 bridgehead atoms. The van der Waals surface area contributed by atoms with Gasteiger partial charge < -0.3 is 30.3 Å². The summed E-state index contributed by atoms with van der Waals surface area (Å²) in [5.41, 5.74) is 8.95. The lowest BCUT2D eigenvalue weighted by molar-refractivity contribution is 0.0654. The topological polar surface area (TPSA) is 123 Å². The Morgan fingerprint density at radius 2 is 1.93 bits per heavy atom. The number of benzene rings is 1. The molecule has 1 amide bonds. The van der Waals surface area contributed by atoms with Crippen LogP contribution in [0.5, 0.6) is 0 Å². The van der Waals surface area contributed by atoms with Gasteiger partial charge in [0.2, 0.25) is 5.95 Å². The number of carbonyl (C=O) groups is 1. The third-order valence-electron chi connectivity index (χ3n) is 7.58. The zero-order valence-electron chi connectivity index (χ0n) is 24.8. The molecule has 5 rings (SSSR count). The van der Waals surface area contributed by atoms with E-state index in [2.05, 4.69) is 25.3 Å². The molecule has 0 aliphatic carbocycles. The highest BCUT2D eigenvalue weighted by molar-refractivity contribution is 5.74. The van der Waals surface area contributed by atoms with E-state index in [-0.39, 0.29) is 42.0 Å². The monoisotopic (exact) mass is 594 g/mol. The van der Waals surface area contributed by atoms with E-state index >= 15 is 8.78 Å². The molecule has 3 atom stereocenters. The van der Waals surface area contributed by atoms with E-state index in [1.807, 2.05) is 26.8 Å². The van der Waals surface area contributed by atoms with Gasteiger partial charge in [0.05, 0.1) is 66.4 Å². The van der Waals surface area contributed by atoms with Gasteiger partial charge >= 0.3 is 6.09 Å². The first kappa shape index (κ1) is 30.1. The number of anilines is 3. The number of pyridine rings is 1. The zero-order chi connectivity index (χ0) is 30.8. The Balaban J connectivity index is 1.41. The number of fused-ring (bicyclic) bond motifs is 1. The Kier molecular flexibility index (Phi) is 8.74. The maximum absolute atomic E-state index is 15.1. The van der Waals surface area contributed by atoms with Crippen LogP contribution in [0.2, 0.25) is 0 Å². The molecule has 1 aliphatic heterocycles. The minimum atomic E-state index is -0.731. The van der Waals surface area contributed by atoms with Crippen LogP contribution < -0.4 is 16.0 Å². The molecule has 4 aromatic rings. The highest BCUT2D eigenvalue weighted by Gasteiger charge is 2.38. The molecule has 1 fully saturated rings. The molecule has 1 saturated heterocycles. The minimum absolute atomic E-state index is 0.0402. The average Bonchev–Trinajstić information content (AvgIpc) is 3.37. The quantitative estimate of drug-likeness (QED) is 0.302. The molecule has 228 valence electrons. The molecular weight excluding hydrogens is 558 g/mol. The Morgan fingerprint density at radius 1 is 1.19 bits per heavy atom. The predicted molar refractivity (Wildman–Crippen MR) is 159 cm³/mol. The Labute approximate surface area is 248 Å². The number of carbonyl (C=O) groups excluding carboxylic acids is 1. The molecule has 1 aliphatic rings. The number of rotatable bonds is 8. The van der Waals surface area contributed by atoms with Gasteiger partial charge in [0.1, 0.15) is 11.6 Å². The smallest absolute Gasteiger partial charge is 0.409 e. The maximum atomic E-state index is 15.1. The fourth-order valence-electron chi connectivity index (χ4n) is 5.64. The average molecular weight is 595 g/mol. The summed E-state index contributed by atoms with van der Waals surface area (Å²) in [5, 5.41) is 7.81. The molecule has 3 aromatic heterocycles. The molecule has 4 heterocycles. The number of piperidine rings is 1. The molecule has 0 unspecified atom stereocenters.